The second kappa shape index (κ2) is 11.4. The third-order valence-corrected chi connectivity index (χ3v) is 3.10. The maximum Gasteiger partial charge on any atom is 0.329 e. The van der Waals surface area contributed by atoms with Crippen molar-refractivity contribution in [3.63, 3.8) is 0 Å². The topological polar surface area (TPSA) is 79.2 Å². The fourth-order valence-corrected chi connectivity index (χ4v) is 1.78. The van der Waals surface area contributed by atoms with Crippen LogP contribution in [0.25, 0.3) is 0 Å². The van der Waals surface area contributed by atoms with Crippen LogP contribution in [0.3, 0.4) is 0 Å². The Hall–Kier alpha value is -2.12. The number of carbonyl (C=O) groups is 1. The lowest BCUT2D eigenvalue weighted by molar-refractivity contribution is -0.341. The minimum Gasteiger partial charge on any atom is -0.480 e. The van der Waals surface area contributed by atoms with Gasteiger partial charge in [0.2, 0.25) is 0 Å². The average molecular weight is 368 g/mol. The molecule has 0 aliphatic heterocycles. The number of hydrogen-bond acceptors (Lipinski definition) is 5. The van der Waals surface area contributed by atoms with Crippen LogP contribution in [0.1, 0.15) is 19.4 Å². The molecule has 2 N–H and O–H groups in total. The van der Waals surface area contributed by atoms with E-state index in [-0.39, 0.29) is 6.04 Å². The van der Waals surface area contributed by atoms with Gasteiger partial charge in [0.1, 0.15) is 6.61 Å². The van der Waals surface area contributed by atoms with Crippen LogP contribution >= 0.6 is 11.6 Å². The molecule has 0 saturated heterocycles. The lowest BCUT2D eigenvalue weighted by atomic mass is 10.2. The van der Waals surface area contributed by atoms with Gasteiger partial charge in [-0.2, -0.15) is 0 Å². The molecule has 0 aliphatic carbocycles. The van der Waals surface area contributed by atoms with E-state index in [1.54, 1.807) is 6.07 Å². The quantitative estimate of drug-likeness (QED) is 0.729. The molecule has 0 bridgehead atoms. The lowest BCUT2D eigenvalue weighted by Crippen LogP contribution is -2.34. The summed E-state index contributed by atoms with van der Waals surface area (Å²) < 4.78 is 0. The van der Waals surface area contributed by atoms with Crippen molar-refractivity contribution in [3.05, 3.63) is 65.2 Å². The number of benzene rings is 2. The molecule has 0 atom stereocenters. The zero-order valence-corrected chi connectivity index (χ0v) is 14.9. The molecule has 25 heavy (non-hydrogen) atoms. The second-order valence-corrected chi connectivity index (χ2v) is 5.62. The highest BCUT2D eigenvalue weighted by molar-refractivity contribution is 6.32. The van der Waals surface area contributed by atoms with Gasteiger partial charge in [-0.1, -0.05) is 54.1 Å². The highest BCUT2D eigenvalue weighted by atomic mass is 35.5. The highest BCUT2D eigenvalue weighted by Crippen LogP contribution is 2.25. The van der Waals surface area contributed by atoms with Gasteiger partial charge in [0.25, 0.3) is 0 Å². The zero-order chi connectivity index (χ0) is 18.7. The second-order valence-electron chi connectivity index (χ2n) is 5.21. The van der Waals surface area contributed by atoms with Crippen LogP contribution in [-0.2, 0) is 16.2 Å². The fraction of sp³-hybridized carbons (Fsp3) is 0.278. The van der Waals surface area contributed by atoms with E-state index >= 15 is 0 Å². The van der Waals surface area contributed by atoms with E-state index < -0.39 is 12.6 Å². The molecule has 0 aromatic heterocycles. The molecule has 0 unspecified atom stereocenters. The summed E-state index contributed by atoms with van der Waals surface area (Å²) in [5, 5.41) is 17.0. The van der Waals surface area contributed by atoms with Crippen molar-refractivity contribution < 1.29 is 24.7 Å². The summed E-state index contributed by atoms with van der Waals surface area (Å²) in [4.78, 5) is 20.5. The number of para-hydroxylation sites is 1. The Morgan fingerprint density at radius 3 is 2.20 bits per heavy atom. The van der Waals surface area contributed by atoms with E-state index in [4.69, 9.17) is 36.3 Å². The van der Waals surface area contributed by atoms with Gasteiger partial charge in [0, 0.05) is 0 Å². The van der Waals surface area contributed by atoms with Crippen LogP contribution in [0, 0.1) is 0 Å². The van der Waals surface area contributed by atoms with Crippen molar-refractivity contribution >= 4 is 17.6 Å². The molecule has 0 spiro atoms. The first kappa shape index (κ1) is 20.9. The number of aliphatic hydroxyl groups excluding tert-OH is 1. The van der Waals surface area contributed by atoms with Crippen molar-refractivity contribution in [1.29, 1.82) is 0 Å². The molecule has 2 aromatic carbocycles. The van der Waals surface area contributed by atoms with Crippen LogP contribution in [0.2, 0.25) is 5.02 Å². The first-order valence-corrected chi connectivity index (χ1v) is 8.03. The molecule has 0 radical (unpaired) electrons. The molecule has 0 aliphatic rings. The Morgan fingerprint density at radius 1 is 1.12 bits per heavy atom. The first-order valence-electron chi connectivity index (χ1n) is 7.65. The normalized spacial score (nSPS) is 10.3. The van der Waals surface area contributed by atoms with Crippen LogP contribution in [0.5, 0.6) is 5.75 Å². The van der Waals surface area contributed by atoms with Gasteiger partial charge in [-0.05, 0) is 36.8 Å². The number of aliphatic carboxylic acids is 1. The first-order chi connectivity index (χ1) is 11.9. The predicted octanol–water partition coefficient (Wildman–Crippen LogP) is 3.54. The van der Waals surface area contributed by atoms with Crippen molar-refractivity contribution in [2.45, 2.75) is 26.5 Å². The van der Waals surface area contributed by atoms with E-state index in [9.17, 15) is 0 Å². The van der Waals surface area contributed by atoms with E-state index in [0.29, 0.717) is 17.4 Å². The summed E-state index contributed by atoms with van der Waals surface area (Å²) in [6.45, 7) is 3.65. The third kappa shape index (κ3) is 8.51. The third-order valence-electron chi connectivity index (χ3n) is 2.78. The summed E-state index contributed by atoms with van der Waals surface area (Å²) >= 11 is 6.08. The van der Waals surface area contributed by atoms with Gasteiger partial charge in [0.05, 0.1) is 17.7 Å². The Morgan fingerprint density at radius 2 is 1.68 bits per heavy atom. The molecule has 0 amide bonds. The number of carboxylic acids is 1. The molecule has 6 nitrogen and oxygen atoms in total. The molecule has 7 heteroatoms. The van der Waals surface area contributed by atoms with E-state index in [1.165, 1.54) is 5.23 Å². The number of nitrogens with zero attached hydrogens (tertiary/aromatic N) is 1. The van der Waals surface area contributed by atoms with Gasteiger partial charge in [-0.3, -0.25) is 4.84 Å². The Bertz CT molecular complexity index is 636. The minimum atomic E-state index is -1.19. The Labute approximate surface area is 152 Å². The van der Waals surface area contributed by atoms with Crippen LogP contribution in [0.15, 0.2) is 54.6 Å². The zero-order valence-electron chi connectivity index (χ0n) is 14.1. The largest absolute Gasteiger partial charge is 0.480 e. The van der Waals surface area contributed by atoms with Crippen molar-refractivity contribution in [2.24, 2.45) is 0 Å². The predicted molar refractivity (Wildman–Crippen MR) is 95.0 cm³/mol. The summed E-state index contributed by atoms with van der Waals surface area (Å²) in [6, 6.07) is 17.3. The molecular formula is C18H22ClNO5. The monoisotopic (exact) mass is 367 g/mol. The Kier molecular flexibility index (Phi) is 9.57. The fourth-order valence-electron chi connectivity index (χ4n) is 1.61. The maximum atomic E-state index is 9.12. The van der Waals surface area contributed by atoms with E-state index in [1.807, 2.05) is 62.4 Å². The summed E-state index contributed by atoms with van der Waals surface area (Å²) in [7, 11) is 0. The number of hydroxylamine groups is 2. The standard InChI is InChI=1S/C16H18ClNO2.C2H4O3/c1-13(2)18(19-12-14-8-4-3-5-9-14)20-16-11-7-6-10-15(16)17;3-1-2(4)5/h3-11,13H,12H2,1-2H3;3H,1H2,(H,4,5). The molecule has 0 fully saturated rings. The summed E-state index contributed by atoms with van der Waals surface area (Å²) in [6.07, 6.45) is 0. The summed E-state index contributed by atoms with van der Waals surface area (Å²) in [5.74, 6) is -0.610. The van der Waals surface area contributed by atoms with Gasteiger partial charge >= 0.3 is 5.97 Å². The van der Waals surface area contributed by atoms with Gasteiger partial charge in [-0.25, -0.2) is 4.79 Å². The SMILES string of the molecule is CC(C)N(OCc1ccccc1)Oc1ccccc1Cl.O=C(O)CO. The lowest BCUT2D eigenvalue weighted by Gasteiger charge is -2.25. The molecule has 136 valence electrons. The highest BCUT2D eigenvalue weighted by Gasteiger charge is 2.14. The smallest absolute Gasteiger partial charge is 0.329 e. The summed E-state index contributed by atoms with van der Waals surface area (Å²) in [5.41, 5.74) is 1.08. The molecule has 0 heterocycles. The number of aliphatic hydroxyl groups is 1. The number of hydrogen-bond donors (Lipinski definition) is 2. The average Bonchev–Trinajstić information content (AvgIpc) is 2.61. The number of carboxylic acid groups (broad SMARTS) is 1. The van der Waals surface area contributed by atoms with Crippen molar-refractivity contribution in [2.75, 3.05) is 6.61 Å². The van der Waals surface area contributed by atoms with Crippen LogP contribution < -0.4 is 4.84 Å². The van der Waals surface area contributed by atoms with E-state index in [2.05, 4.69) is 0 Å². The number of halogens is 1. The molecule has 2 aromatic rings. The van der Waals surface area contributed by atoms with Gasteiger partial charge in [-0.15, -0.1) is 0 Å². The van der Waals surface area contributed by atoms with Crippen LogP contribution in [-0.4, -0.2) is 34.1 Å². The molecule has 0 saturated carbocycles. The maximum absolute atomic E-state index is 9.12. The van der Waals surface area contributed by atoms with Crippen molar-refractivity contribution in [3.8, 4) is 5.75 Å². The minimum absolute atomic E-state index is 0.0648. The Balaban J connectivity index is 0.000000550. The van der Waals surface area contributed by atoms with Crippen molar-refractivity contribution in [1.82, 2.24) is 5.23 Å². The molecular weight excluding hydrogens is 346 g/mol. The van der Waals surface area contributed by atoms with E-state index in [0.717, 1.165) is 5.56 Å². The van der Waals surface area contributed by atoms with Gasteiger partial charge in [0.15, 0.2) is 5.75 Å². The number of rotatable bonds is 7. The van der Waals surface area contributed by atoms with Crippen LogP contribution in [0.4, 0.5) is 0 Å². The molecule has 2 rings (SSSR count). The van der Waals surface area contributed by atoms with Gasteiger partial charge < -0.3 is 15.1 Å².